The molecule has 98 valence electrons. The highest BCUT2D eigenvalue weighted by molar-refractivity contribution is 5.49. The summed E-state index contributed by atoms with van der Waals surface area (Å²) in [5, 5.41) is 0. The van der Waals surface area contributed by atoms with Gasteiger partial charge >= 0.3 is 0 Å². The van der Waals surface area contributed by atoms with Crippen LogP contribution in [0, 0.1) is 5.92 Å². The van der Waals surface area contributed by atoms with Crippen LogP contribution in [0.25, 0.3) is 0 Å². The Morgan fingerprint density at radius 3 is 2.33 bits per heavy atom. The number of aldehydes is 1. The molecule has 0 spiro atoms. The highest BCUT2D eigenvalue weighted by Gasteiger charge is 2.21. The Labute approximate surface area is 111 Å². The summed E-state index contributed by atoms with van der Waals surface area (Å²) in [6.45, 7) is 2.22. The Hall–Kier alpha value is -1.11. The van der Waals surface area contributed by atoms with Crippen molar-refractivity contribution in [2.45, 2.75) is 57.8 Å². The fraction of sp³-hybridized carbons (Fsp3) is 0.588. The summed E-state index contributed by atoms with van der Waals surface area (Å²) in [5.74, 6) is 1.38. The number of aryl methyl sites for hydroxylation is 1. The zero-order valence-electron chi connectivity index (χ0n) is 11.4. The predicted molar refractivity (Wildman–Crippen MR) is 75.8 cm³/mol. The van der Waals surface area contributed by atoms with Crippen molar-refractivity contribution in [3.8, 4) is 0 Å². The molecule has 0 aliphatic heterocycles. The molecule has 0 saturated heterocycles. The zero-order chi connectivity index (χ0) is 12.8. The Morgan fingerprint density at radius 2 is 1.78 bits per heavy atom. The minimum atomic E-state index is 0.651. The van der Waals surface area contributed by atoms with Gasteiger partial charge in [-0.1, -0.05) is 37.6 Å². The third-order valence-electron chi connectivity index (χ3n) is 4.27. The van der Waals surface area contributed by atoms with Gasteiger partial charge in [0.2, 0.25) is 0 Å². The van der Waals surface area contributed by atoms with E-state index in [-0.39, 0.29) is 0 Å². The van der Waals surface area contributed by atoms with E-state index in [0.717, 1.165) is 18.6 Å². The summed E-state index contributed by atoms with van der Waals surface area (Å²) in [4.78, 5) is 10.5. The molecule has 1 heteroatoms. The highest BCUT2D eigenvalue weighted by Crippen LogP contribution is 2.36. The van der Waals surface area contributed by atoms with Gasteiger partial charge in [0.25, 0.3) is 0 Å². The molecule has 1 nitrogen and oxygen atoms in total. The van der Waals surface area contributed by atoms with Crippen LogP contribution < -0.4 is 0 Å². The lowest BCUT2D eigenvalue weighted by Crippen LogP contribution is -2.13. The van der Waals surface area contributed by atoms with Gasteiger partial charge in [-0.3, -0.25) is 0 Å². The number of hydrogen-bond acceptors (Lipinski definition) is 1. The molecule has 1 aromatic rings. The Bertz CT molecular complexity index is 358. The first-order valence-corrected chi connectivity index (χ1v) is 7.36. The molecule has 0 aromatic heterocycles. The van der Waals surface area contributed by atoms with Crippen LogP contribution >= 0.6 is 0 Å². The molecule has 0 N–H and O–H groups in total. The Balaban J connectivity index is 1.90. The van der Waals surface area contributed by atoms with Gasteiger partial charge in [0, 0.05) is 6.42 Å². The Kier molecular flexibility index (Phi) is 4.98. The molecular formula is C17H24O. The second kappa shape index (κ2) is 6.72. The van der Waals surface area contributed by atoms with Gasteiger partial charge in [0.05, 0.1) is 0 Å². The molecule has 1 aromatic carbocycles. The molecule has 2 rings (SSSR count). The van der Waals surface area contributed by atoms with Crippen LogP contribution in [0.3, 0.4) is 0 Å². The number of rotatable bonds is 5. The third kappa shape index (κ3) is 3.44. The molecule has 18 heavy (non-hydrogen) atoms. The minimum absolute atomic E-state index is 0.651. The maximum atomic E-state index is 10.5. The van der Waals surface area contributed by atoms with Gasteiger partial charge in [0.15, 0.2) is 0 Å². The average molecular weight is 244 g/mol. The maximum absolute atomic E-state index is 10.5. The van der Waals surface area contributed by atoms with Crippen molar-refractivity contribution in [1.82, 2.24) is 0 Å². The van der Waals surface area contributed by atoms with Crippen LogP contribution in [0.4, 0.5) is 0 Å². The van der Waals surface area contributed by atoms with Gasteiger partial charge in [-0.25, -0.2) is 0 Å². The topological polar surface area (TPSA) is 17.1 Å². The van der Waals surface area contributed by atoms with Crippen LogP contribution in [0.15, 0.2) is 24.3 Å². The molecule has 0 heterocycles. The monoisotopic (exact) mass is 244 g/mol. The number of hydrogen-bond donors (Lipinski definition) is 0. The predicted octanol–water partition coefficient (Wildman–Crippen LogP) is 4.50. The van der Waals surface area contributed by atoms with Crippen LogP contribution in [-0.4, -0.2) is 6.29 Å². The fourth-order valence-corrected chi connectivity index (χ4v) is 3.11. The van der Waals surface area contributed by atoms with Crippen molar-refractivity contribution in [1.29, 1.82) is 0 Å². The summed E-state index contributed by atoms with van der Waals surface area (Å²) >= 11 is 0. The maximum Gasteiger partial charge on any atom is 0.120 e. The van der Waals surface area contributed by atoms with Crippen molar-refractivity contribution in [2.24, 2.45) is 5.92 Å². The van der Waals surface area contributed by atoms with E-state index >= 15 is 0 Å². The minimum Gasteiger partial charge on any atom is -0.303 e. The van der Waals surface area contributed by atoms with Crippen molar-refractivity contribution >= 4 is 6.29 Å². The first kappa shape index (κ1) is 13.3. The van der Waals surface area contributed by atoms with Crippen LogP contribution in [0.5, 0.6) is 0 Å². The second-order valence-electron chi connectivity index (χ2n) is 5.61. The fourth-order valence-electron chi connectivity index (χ4n) is 3.11. The number of benzene rings is 1. The molecule has 1 saturated carbocycles. The van der Waals surface area contributed by atoms with Crippen molar-refractivity contribution < 1.29 is 4.79 Å². The van der Waals surface area contributed by atoms with E-state index in [4.69, 9.17) is 0 Å². The van der Waals surface area contributed by atoms with Gasteiger partial charge in [-0.15, -0.1) is 0 Å². The van der Waals surface area contributed by atoms with Gasteiger partial charge in [-0.2, -0.15) is 0 Å². The van der Waals surface area contributed by atoms with Crippen LogP contribution in [0.2, 0.25) is 0 Å². The number of carbonyl (C=O) groups excluding carboxylic acids is 1. The SMILES string of the molecule is CCCc1ccc(C2CCC(CC=O)CC2)cc1. The summed E-state index contributed by atoms with van der Waals surface area (Å²) in [5.41, 5.74) is 2.95. The van der Waals surface area contributed by atoms with E-state index in [1.165, 1.54) is 49.7 Å². The largest absolute Gasteiger partial charge is 0.303 e. The van der Waals surface area contributed by atoms with Gasteiger partial charge in [-0.05, 0) is 55.1 Å². The molecule has 0 radical (unpaired) electrons. The van der Waals surface area contributed by atoms with E-state index < -0.39 is 0 Å². The van der Waals surface area contributed by atoms with E-state index in [0.29, 0.717) is 5.92 Å². The quantitative estimate of drug-likeness (QED) is 0.697. The molecule has 0 amide bonds. The lowest BCUT2D eigenvalue weighted by atomic mass is 9.77. The second-order valence-corrected chi connectivity index (χ2v) is 5.61. The lowest BCUT2D eigenvalue weighted by Gasteiger charge is -2.27. The summed E-state index contributed by atoms with van der Waals surface area (Å²) < 4.78 is 0. The average Bonchev–Trinajstić information content (AvgIpc) is 2.41. The molecule has 1 fully saturated rings. The highest BCUT2D eigenvalue weighted by atomic mass is 16.1. The molecule has 0 bridgehead atoms. The zero-order valence-corrected chi connectivity index (χ0v) is 11.4. The van der Waals surface area contributed by atoms with Crippen molar-refractivity contribution in [3.63, 3.8) is 0 Å². The Morgan fingerprint density at radius 1 is 1.11 bits per heavy atom. The summed E-state index contributed by atoms with van der Waals surface area (Å²) in [6.07, 6.45) is 9.21. The van der Waals surface area contributed by atoms with E-state index in [1.54, 1.807) is 0 Å². The van der Waals surface area contributed by atoms with Gasteiger partial charge in [0.1, 0.15) is 6.29 Å². The summed E-state index contributed by atoms with van der Waals surface area (Å²) in [6, 6.07) is 9.21. The third-order valence-corrected chi connectivity index (χ3v) is 4.27. The standard InChI is InChI=1S/C17H24O/c1-2-3-14-4-8-16(9-5-14)17-10-6-15(7-11-17)12-13-18/h4-5,8-9,13,15,17H,2-3,6-7,10-12H2,1H3. The number of carbonyl (C=O) groups is 1. The first-order valence-electron chi connectivity index (χ1n) is 7.36. The van der Waals surface area contributed by atoms with E-state index in [2.05, 4.69) is 31.2 Å². The smallest absolute Gasteiger partial charge is 0.120 e. The van der Waals surface area contributed by atoms with Crippen LogP contribution in [-0.2, 0) is 11.2 Å². The molecule has 0 atom stereocenters. The lowest BCUT2D eigenvalue weighted by molar-refractivity contribution is -0.108. The van der Waals surface area contributed by atoms with E-state index in [9.17, 15) is 4.79 Å². The van der Waals surface area contributed by atoms with Crippen molar-refractivity contribution in [2.75, 3.05) is 0 Å². The first-order chi connectivity index (χ1) is 8.83. The molecular weight excluding hydrogens is 220 g/mol. The van der Waals surface area contributed by atoms with Crippen molar-refractivity contribution in [3.05, 3.63) is 35.4 Å². The normalized spacial score (nSPS) is 23.8. The van der Waals surface area contributed by atoms with E-state index in [1.807, 2.05) is 0 Å². The molecule has 1 aliphatic carbocycles. The molecule has 1 aliphatic rings. The van der Waals surface area contributed by atoms with Gasteiger partial charge < -0.3 is 4.79 Å². The summed E-state index contributed by atoms with van der Waals surface area (Å²) in [7, 11) is 0. The molecule has 0 unspecified atom stereocenters. The van der Waals surface area contributed by atoms with Crippen LogP contribution in [0.1, 0.15) is 62.5 Å².